The molecule has 1 saturated carbocycles. The molecule has 3 aliphatic heterocycles. The van der Waals surface area contributed by atoms with E-state index in [1.807, 2.05) is 68.2 Å². The fourth-order valence-corrected chi connectivity index (χ4v) is 11.7. The van der Waals surface area contributed by atoms with Crippen LogP contribution in [0.5, 0.6) is 0 Å². The van der Waals surface area contributed by atoms with Gasteiger partial charge in [0.15, 0.2) is 12.6 Å². The van der Waals surface area contributed by atoms with E-state index in [1.54, 1.807) is 52.4 Å². The van der Waals surface area contributed by atoms with Gasteiger partial charge < -0.3 is 68.5 Å². The van der Waals surface area contributed by atoms with Gasteiger partial charge in [0, 0.05) is 70.8 Å². The van der Waals surface area contributed by atoms with Crippen molar-refractivity contribution in [1.82, 2.24) is 39.8 Å². The second-order valence-electron chi connectivity index (χ2n) is 23.5. The number of halogens is 1. The summed E-state index contributed by atoms with van der Waals surface area (Å²) in [7, 11) is 6.75. The molecule has 1 aromatic carbocycles. The molecule has 0 bridgehead atoms. The first-order valence-electron chi connectivity index (χ1n) is 27.6. The number of carbonyl (C=O) groups is 1. The van der Waals surface area contributed by atoms with Crippen molar-refractivity contribution < 1.29 is 67.9 Å². The first-order valence-corrected chi connectivity index (χ1v) is 27.6. The zero-order chi connectivity index (χ0) is 56.3. The third-order valence-electron chi connectivity index (χ3n) is 17.1. The molecule has 3 saturated heterocycles. The summed E-state index contributed by atoms with van der Waals surface area (Å²) >= 11 is 0. The van der Waals surface area contributed by atoms with Crippen LogP contribution in [0.2, 0.25) is 0 Å². The van der Waals surface area contributed by atoms with Crippen molar-refractivity contribution in [2.24, 2.45) is 11.8 Å². The Morgan fingerprint density at radius 3 is 2.26 bits per heavy atom. The topological polar surface area (TPSA) is 251 Å². The van der Waals surface area contributed by atoms with Crippen LogP contribution in [0.1, 0.15) is 142 Å². The van der Waals surface area contributed by atoms with Crippen LogP contribution in [0.15, 0.2) is 36.7 Å². The average molecular weight is 1090 g/mol. The minimum Gasteiger partial charge on any atom is -0.459 e. The van der Waals surface area contributed by atoms with E-state index in [4.69, 9.17) is 33.2 Å². The number of benzene rings is 1. The highest BCUT2D eigenvalue weighted by Crippen LogP contribution is 2.40. The maximum absolute atomic E-state index is 15.0. The zero-order valence-corrected chi connectivity index (χ0v) is 47.5. The van der Waals surface area contributed by atoms with Crippen LogP contribution in [0.3, 0.4) is 0 Å². The maximum atomic E-state index is 15.0. The van der Waals surface area contributed by atoms with Crippen LogP contribution in [-0.2, 0) is 44.4 Å². The number of aliphatic hydroxyl groups excluding tert-OH is 3. The third kappa shape index (κ3) is 14.1. The van der Waals surface area contributed by atoms with Crippen LogP contribution in [0.25, 0.3) is 5.69 Å². The monoisotopic (exact) mass is 1090 g/mol. The summed E-state index contributed by atoms with van der Waals surface area (Å²) < 4.78 is 62.1. The number of likely N-dealkylation sites (N-methyl/N-ethyl adjacent to an activating group) is 2. The summed E-state index contributed by atoms with van der Waals surface area (Å²) in [5.74, 6) is -1.52. The molecule has 5 heterocycles. The van der Waals surface area contributed by atoms with Gasteiger partial charge in [-0.2, -0.15) is 0 Å². The Morgan fingerprint density at radius 2 is 1.62 bits per heavy atom. The molecule has 0 amide bonds. The second kappa shape index (κ2) is 25.4. The van der Waals surface area contributed by atoms with E-state index in [0.717, 1.165) is 29.8 Å². The molecule has 0 radical (unpaired) electrons. The highest BCUT2D eigenvalue weighted by Gasteiger charge is 2.51. The normalized spacial score (nSPS) is 38.2. The molecule has 0 spiro atoms. The summed E-state index contributed by atoms with van der Waals surface area (Å²) in [6.45, 7) is 15.7. The lowest BCUT2D eigenvalue weighted by molar-refractivity contribution is -0.308. The van der Waals surface area contributed by atoms with Crippen LogP contribution in [0, 0.1) is 11.8 Å². The summed E-state index contributed by atoms with van der Waals surface area (Å²) in [6.07, 6.45) is -3.77. The van der Waals surface area contributed by atoms with Crippen LogP contribution < -0.4 is 0 Å². The standard InChI is InChI=1S/C55H89FN8O13/c1-14-44-55(9,70)49(66)34(5)62(11)28-31(2)25-53(7,69)45(24-43(33(4)51(68)76-44)75-46-26-54(8,72-13)50(67)35(6)74-46)77-52-47(65)41(23-32(3)73-52)61(10)22-21-38-29-64(59-57-38)42(27-56)48(71-12)37-17-19-39(20-18-37)63-30-40(58-60-63)36-15-16-36/h17-20,29-36,41-50,52,65-67,69-70H,14-16,21-28H2,1-13H3/t31-,32-,33-,34-,35+,41+,42-,43+,44-,45-,46+,47-,48-,49-,50+,52+,53-,54-,55-/m1/s1. The van der Waals surface area contributed by atoms with Crippen LogP contribution >= 0.6 is 0 Å². The molecule has 1 aliphatic carbocycles. The van der Waals surface area contributed by atoms with E-state index >= 15 is 0 Å². The number of hydrogen-bond donors (Lipinski definition) is 5. The molecule has 0 unspecified atom stereocenters. The predicted molar refractivity (Wildman–Crippen MR) is 280 cm³/mol. The van der Waals surface area contributed by atoms with E-state index in [9.17, 15) is 34.7 Å². The predicted octanol–water partition coefficient (Wildman–Crippen LogP) is 4.22. The number of rotatable bonds is 17. The molecule has 434 valence electrons. The van der Waals surface area contributed by atoms with Crippen molar-refractivity contribution in [3.8, 4) is 5.69 Å². The Hall–Kier alpha value is -3.62. The molecule has 19 atom stereocenters. The lowest BCUT2D eigenvalue weighted by Crippen LogP contribution is -2.59. The van der Waals surface area contributed by atoms with Crippen molar-refractivity contribution in [2.75, 3.05) is 48.1 Å². The van der Waals surface area contributed by atoms with E-state index in [-0.39, 0.29) is 31.6 Å². The van der Waals surface area contributed by atoms with Crippen molar-refractivity contribution in [3.05, 3.63) is 53.6 Å². The Kier molecular flexibility index (Phi) is 20.2. The summed E-state index contributed by atoms with van der Waals surface area (Å²) in [4.78, 5) is 18.3. The molecular formula is C55H89FN8O13. The molecule has 2 aromatic heterocycles. The molecule has 21 nitrogen and oxygen atoms in total. The van der Waals surface area contributed by atoms with Gasteiger partial charge in [0.05, 0.1) is 64.8 Å². The van der Waals surface area contributed by atoms with E-state index in [1.165, 1.54) is 25.8 Å². The highest BCUT2D eigenvalue weighted by atomic mass is 19.1. The minimum atomic E-state index is -1.85. The Bertz CT molecular complexity index is 2340. The number of aliphatic hydroxyl groups is 5. The van der Waals surface area contributed by atoms with Gasteiger partial charge in [-0.15, -0.1) is 10.2 Å². The van der Waals surface area contributed by atoms with Gasteiger partial charge >= 0.3 is 5.97 Å². The molecule has 77 heavy (non-hydrogen) atoms. The number of esters is 1. The van der Waals surface area contributed by atoms with Gasteiger partial charge in [-0.25, -0.2) is 13.8 Å². The Morgan fingerprint density at radius 1 is 0.922 bits per heavy atom. The zero-order valence-electron chi connectivity index (χ0n) is 47.5. The molecule has 4 fully saturated rings. The Labute approximate surface area is 453 Å². The Balaban J connectivity index is 1.09. The lowest BCUT2D eigenvalue weighted by atomic mass is 9.83. The second-order valence-corrected chi connectivity index (χ2v) is 23.5. The SMILES string of the molecule is CC[C@H]1OC(=O)[C@H](C)[C@@H](O[C@H]2C[C@@](C)(OC)[C@@H](O)[C@H](C)O2)C[C@@H](O[C@@H]2O[C@H](C)C[C@H](N(C)CCc3cn([C@H](CF)[C@H](OC)c4ccc(-n5cc(C6CC6)nn5)cc4)nn3)[C@H]2O)[C@](C)(O)C[C@@H](C)CN(C)[C@H](C)[C@@H](O)[C@]1(C)O. The number of aromatic nitrogens is 6. The number of cyclic esters (lactones) is 1. The van der Waals surface area contributed by atoms with E-state index < -0.39 is 121 Å². The smallest absolute Gasteiger partial charge is 0.311 e. The minimum absolute atomic E-state index is 0.0901. The van der Waals surface area contributed by atoms with Crippen LogP contribution in [0.4, 0.5) is 4.39 Å². The molecule has 22 heteroatoms. The van der Waals surface area contributed by atoms with Crippen LogP contribution in [-0.4, -0.2) is 210 Å². The fraction of sp³-hybridized carbons (Fsp3) is 0.800. The third-order valence-corrected chi connectivity index (χ3v) is 17.1. The number of ether oxygens (including phenoxy) is 7. The molecule has 3 aromatic rings. The van der Waals surface area contributed by atoms with Crippen molar-refractivity contribution in [1.29, 1.82) is 0 Å². The lowest BCUT2D eigenvalue weighted by Gasteiger charge is -2.47. The van der Waals surface area contributed by atoms with Gasteiger partial charge in [-0.1, -0.05) is 36.4 Å². The number of hydrogen-bond acceptors (Lipinski definition) is 19. The molecule has 4 aliphatic rings. The van der Waals surface area contributed by atoms with E-state index in [0.29, 0.717) is 37.5 Å². The first-order chi connectivity index (χ1) is 36.3. The van der Waals surface area contributed by atoms with Crippen molar-refractivity contribution >= 4 is 5.97 Å². The van der Waals surface area contributed by atoms with Crippen molar-refractivity contribution in [2.45, 2.75) is 222 Å². The summed E-state index contributed by atoms with van der Waals surface area (Å²) in [5, 5.41) is 76.9. The number of alkyl halides is 1. The first kappa shape index (κ1) is 61.0. The highest BCUT2D eigenvalue weighted by molar-refractivity contribution is 5.73. The largest absolute Gasteiger partial charge is 0.459 e. The maximum Gasteiger partial charge on any atom is 0.311 e. The molecule has 5 N–H and O–H groups in total. The van der Waals surface area contributed by atoms with Gasteiger partial charge in [-0.05, 0) is 118 Å². The van der Waals surface area contributed by atoms with Gasteiger partial charge in [0.2, 0.25) is 0 Å². The van der Waals surface area contributed by atoms with E-state index in [2.05, 4.69) is 20.6 Å². The summed E-state index contributed by atoms with van der Waals surface area (Å²) in [6, 6.07) is 5.71. The fourth-order valence-electron chi connectivity index (χ4n) is 11.7. The van der Waals surface area contributed by atoms with Gasteiger partial charge in [0.1, 0.15) is 48.8 Å². The number of nitrogens with zero attached hydrogens (tertiary/aromatic N) is 8. The molecule has 7 rings (SSSR count). The number of methoxy groups -OCH3 is 2. The summed E-state index contributed by atoms with van der Waals surface area (Å²) in [5.41, 5.74) is -1.36. The van der Waals surface area contributed by atoms with Gasteiger partial charge in [-0.3, -0.25) is 4.79 Å². The average Bonchev–Trinajstić information content (AvgIpc) is 3.93. The molecular weight excluding hydrogens is 1000 g/mol. The number of carbonyl (C=O) groups excluding carboxylic acids is 1. The van der Waals surface area contributed by atoms with Gasteiger partial charge in [0.25, 0.3) is 0 Å². The van der Waals surface area contributed by atoms with Crippen molar-refractivity contribution in [3.63, 3.8) is 0 Å². The quantitative estimate of drug-likeness (QED) is 0.119.